The van der Waals surface area contributed by atoms with E-state index in [9.17, 15) is 14.7 Å². The molecule has 3 atom stereocenters. The molecule has 8 heteroatoms. The number of benzene rings is 2. The SMILES string of the molecule is COc1cccc([C@H]2O[C@H](CC(=O)O)C(=O)N3c4c(cc(Cl)cc42)CC[C@H]3C(C)C)c1OC. The van der Waals surface area contributed by atoms with Crippen LogP contribution in [-0.4, -0.2) is 43.3 Å². The van der Waals surface area contributed by atoms with E-state index in [0.717, 1.165) is 29.7 Å². The first-order chi connectivity index (χ1) is 15.8. The molecule has 0 bridgehead atoms. The Morgan fingerprint density at radius 3 is 2.64 bits per heavy atom. The molecule has 0 fully saturated rings. The van der Waals surface area contributed by atoms with Crippen molar-refractivity contribution in [3.8, 4) is 11.5 Å². The summed E-state index contributed by atoms with van der Waals surface area (Å²) in [5, 5.41) is 10.1. The normalized spacial score (nSPS) is 22.1. The van der Waals surface area contributed by atoms with E-state index in [1.54, 1.807) is 24.1 Å². The van der Waals surface area contributed by atoms with Crippen molar-refractivity contribution in [3.05, 3.63) is 52.0 Å². The lowest BCUT2D eigenvalue weighted by Gasteiger charge is -2.40. The lowest BCUT2D eigenvalue weighted by molar-refractivity contribution is -0.147. The predicted octanol–water partition coefficient (Wildman–Crippen LogP) is 4.62. The van der Waals surface area contributed by atoms with Gasteiger partial charge >= 0.3 is 5.97 Å². The molecular formula is C25H28ClNO6. The second-order valence-electron chi connectivity index (χ2n) is 8.75. The zero-order valence-corrected chi connectivity index (χ0v) is 19.9. The average Bonchev–Trinajstić information content (AvgIpc) is 2.89. The molecule has 0 spiro atoms. The first-order valence-corrected chi connectivity index (χ1v) is 11.4. The van der Waals surface area contributed by atoms with Gasteiger partial charge in [-0.2, -0.15) is 0 Å². The van der Waals surface area contributed by atoms with E-state index in [1.807, 2.05) is 18.2 Å². The quantitative estimate of drug-likeness (QED) is 0.658. The fourth-order valence-corrected chi connectivity index (χ4v) is 5.22. The minimum Gasteiger partial charge on any atom is -0.493 e. The second-order valence-corrected chi connectivity index (χ2v) is 9.18. The minimum absolute atomic E-state index is 0.0734. The van der Waals surface area contributed by atoms with Crippen molar-refractivity contribution in [2.24, 2.45) is 5.92 Å². The van der Waals surface area contributed by atoms with Crippen LogP contribution in [0.25, 0.3) is 0 Å². The summed E-state index contributed by atoms with van der Waals surface area (Å²) < 4.78 is 17.4. The second kappa shape index (κ2) is 9.23. The van der Waals surface area contributed by atoms with Gasteiger partial charge in [0.25, 0.3) is 5.91 Å². The minimum atomic E-state index is -1.17. The van der Waals surface area contributed by atoms with Crippen molar-refractivity contribution in [2.45, 2.75) is 51.4 Å². The Labute approximate surface area is 198 Å². The van der Waals surface area contributed by atoms with Gasteiger partial charge in [-0.15, -0.1) is 0 Å². The maximum atomic E-state index is 13.8. The standard InChI is InChI=1S/C25H28ClNO6/c1-13(2)18-9-8-14-10-15(26)11-17-22(14)27(18)25(30)20(12-21(28)29)33-23(17)16-6-5-7-19(31-3)24(16)32-4/h5-7,10-11,13,18,20,23H,8-9,12H2,1-4H3,(H,28,29)/t18-,20+,23+/m0/s1. The van der Waals surface area contributed by atoms with Gasteiger partial charge in [-0.25, -0.2) is 0 Å². The largest absolute Gasteiger partial charge is 0.493 e. The highest BCUT2D eigenvalue weighted by atomic mass is 35.5. The summed E-state index contributed by atoms with van der Waals surface area (Å²) in [6.07, 6.45) is -0.849. The Kier molecular flexibility index (Phi) is 6.54. The highest BCUT2D eigenvalue weighted by Gasteiger charge is 2.44. The smallest absolute Gasteiger partial charge is 0.306 e. The van der Waals surface area contributed by atoms with Gasteiger partial charge in [0, 0.05) is 22.2 Å². The van der Waals surface area contributed by atoms with Crippen molar-refractivity contribution in [3.63, 3.8) is 0 Å². The number of aliphatic carboxylic acids is 1. The van der Waals surface area contributed by atoms with Crippen LogP contribution < -0.4 is 14.4 Å². The van der Waals surface area contributed by atoms with Crippen LogP contribution >= 0.6 is 11.6 Å². The molecule has 2 aromatic carbocycles. The fraction of sp³-hybridized carbons (Fsp3) is 0.440. The Hall–Kier alpha value is -2.77. The van der Waals surface area contributed by atoms with Gasteiger partial charge < -0.3 is 24.2 Å². The first-order valence-electron chi connectivity index (χ1n) is 11.0. The van der Waals surface area contributed by atoms with Gasteiger partial charge in [-0.3, -0.25) is 9.59 Å². The molecule has 0 aliphatic carbocycles. The summed E-state index contributed by atoms with van der Waals surface area (Å²) in [7, 11) is 3.08. The zero-order chi connectivity index (χ0) is 23.9. The molecule has 176 valence electrons. The molecule has 0 unspecified atom stereocenters. The first kappa shape index (κ1) is 23.4. The maximum Gasteiger partial charge on any atom is 0.306 e. The topological polar surface area (TPSA) is 85.3 Å². The van der Waals surface area contributed by atoms with E-state index in [1.165, 1.54) is 7.11 Å². The zero-order valence-electron chi connectivity index (χ0n) is 19.1. The molecule has 4 rings (SSSR count). The molecule has 0 saturated heterocycles. The van der Waals surface area contributed by atoms with Gasteiger partial charge in [0.1, 0.15) is 12.2 Å². The van der Waals surface area contributed by atoms with Crippen molar-refractivity contribution in [1.29, 1.82) is 0 Å². The van der Waals surface area contributed by atoms with Crippen molar-refractivity contribution in [2.75, 3.05) is 19.1 Å². The van der Waals surface area contributed by atoms with Crippen molar-refractivity contribution >= 4 is 29.2 Å². The lowest BCUT2D eigenvalue weighted by Crippen LogP contribution is -2.50. The number of anilines is 1. The van der Waals surface area contributed by atoms with Crippen LogP contribution in [0, 0.1) is 5.92 Å². The van der Waals surface area contributed by atoms with Gasteiger partial charge in [-0.1, -0.05) is 37.6 Å². The number of rotatable bonds is 6. The third-order valence-corrected chi connectivity index (χ3v) is 6.62. The van der Waals surface area contributed by atoms with E-state index < -0.39 is 24.6 Å². The van der Waals surface area contributed by atoms with Crippen LogP contribution in [0.15, 0.2) is 30.3 Å². The molecule has 0 radical (unpaired) electrons. The number of ether oxygens (including phenoxy) is 3. The van der Waals surface area contributed by atoms with Crippen LogP contribution in [0.2, 0.25) is 5.02 Å². The van der Waals surface area contributed by atoms with Gasteiger partial charge in [-0.05, 0) is 42.5 Å². The number of nitrogens with zero attached hydrogens (tertiary/aromatic N) is 1. The monoisotopic (exact) mass is 473 g/mol. The third kappa shape index (κ3) is 4.15. The molecule has 1 N–H and O–H groups in total. The number of para-hydroxylation sites is 1. The van der Waals surface area contributed by atoms with Crippen LogP contribution in [0.4, 0.5) is 5.69 Å². The molecule has 2 aliphatic rings. The average molecular weight is 474 g/mol. The summed E-state index contributed by atoms with van der Waals surface area (Å²) >= 11 is 6.52. The predicted molar refractivity (Wildman–Crippen MR) is 124 cm³/mol. The van der Waals surface area contributed by atoms with Gasteiger partial charge in [0.15, 0.2) is 11.5 Å². The molecular weight excluding hydrogens is 446 g/mol. The van der Waals surface area contributed by atoms with E-state index in [2.05, 4.69) is 13.8 Å². The summed E-state index contributed by atoms with van der Waals surface area (Å²) in [6.45, 7) is 4.14. The van der Waals surface area contributed by atoms with Crippen molar-refractivity contribution < 1.29 is 28.9 Å². The number of hydrogen-bond donors (Lipinski definition) is 1. The molecule has 2 aliphatic heterocycles. The number of carbonyl (C=O) groups excluding carboxylic acids is 1. The molecule has 1 amide bonds. The van der Waals surface area contributed by atoms with Crippen LogP contribution in [-0.2, 0) is 20.7 Å². The number of carbonyl (C=O) groups is 2. The number of hydrogen-bond acceptors (Lipinski definition) is 5. The van der Waals surface area contributed by atoms with Gasteiger partial charge in [0.2, 0.25) is 0 Å². The molecule has 0 saturated carbocycles. The Morgan fingerprint density at radius 1 is 1.24 bits per heavy atom. The van der Waals surface area contributed by atoms with Crippen LogP contribution in [0.1, 0.15) is 49.5 Å². The third-order valence-electron chi connectivity index (χ3n) is 6.41. The summed E-state index contributed by atoms with van der Waals surface area (Å²) in [6, 6.07) is 9.03. The lowest BCUT2D eigenvalue weighted by atomic mass is 9.86. The van der Waals surface area contributed by atoms with E-state index >= 15 is 0 Å². The Morgan fingerprint density at radius 2 is 2.00 bits per heavy atom. The molecule has 0 aromatic heterocycles. The van der Waals surface area contributed by atoms with E-state index in [0.29, 0.717) is 22.1 Å². The highest BCUT2D eigenvalue weighted by Crippen LogP contribution is 2.49. The van der Waals surface area contributed by atoms with Crippen LogP contribution in [0.5, 0.6) is 11.5 Å². The summed E-state index contributed by atoms with van der Waals surface area (Å²) in [5.41, 5.74) is 3.07. The molecule has 7 nitrogen and oxygen atoms in total. The van der Waals surface area contributed by atoms with E-state index in [4.69, 9.17) is 25.8 Å². The highest BCUT2D eigenvalue weighted by molar-refractivity contribution is 6.31. The summed E-state index contributed by atoms with van der Waals surface area (Å²) in [5.74, 6) is -0.294. The van der Waals surface area contributed by atoms with Crippen molar-refractivity contribution in [1.82, 2.24) is 0 Å². The fourth-order valence-electron chi connectivity index (χ4n) is 4.97. The maximum absolute atomic E-state index is 13.8. The van der Waals surface area contributed by atoms with E-state index in [-0.39, 0.29) is 17.9 Å². The number of aryl methyl sites for hydroxylation is 1. The number of amides is 1. The number of carboxylic acids is 1. The number of methoxy groups -OCH3 is 2. The summed E-state index contributed by atoms with van der Waals surface area (Å²) in [4.78, 5) is 27.2. The molecule has 2 heterocycles. The molecule has 33 heavy (non-hydrogen) atoms. The molecule has 2 aromatic rings. The number of halogens is 1. The number of carboxylic acid groups (broad SMARTS) is 1. The van der Waals surface area contributed by atoms with Crippen LogP contribution in [0.3, 0.4) is 0 Å². The van der Waals surface area contributed by atoms with Gasteiger partial charge in [0.05, 0.1) is 26.3 Å². The Bertz CT molecular complexity index is 1080. The Balaban J connectivity index is 2.00.